The molecule has 0 spiro atoms. The molecule has 0 fully saturated rings. The lowest BCUT2D eigenvalue weighted by Crippen LogP contribution is -1.95. The minimum absolute atomic E-state index is 0.00814. The number of aryl methyl sites for hydroxylation is 2. The van der Waals surface area contributed by atoms with E-state index in [-0.39, 0.29) is 10.7 Å². The summed E-state index contributed by atoms with van der Waals surface area (Å²) in [7, 11) is 0. The molecule has 0 heterocycles. The lowest BCUT2D eigenvalue weighted by atomic mass is 10.1. The molecule has 6 heteroatoms. The molecule has 2 rings (SSSR count). The summed E-state index contributed by atoms with van der Waals surface area (Å²) < 4.78 is 5.63. The van der Waals surface area contributed by atoms with Gasteiger partial charge in [0, 0.05) is 17.2 Å². The van der Waals surface area contributed by atoms with Crippen LogP contribution in [0.15, 0.2) is 30.3 Å². The maximum absolute atomic E-state index is 11.0. The van der Waals surface area contributed by atoms with Gasteiger partial charge in [-0.3, -0.25) is 14.9 Å². The van der Waals surface area contributed by atoms with E-state index in [0.29, 0.717) is 28.9 Å². The predicted octanol–water partition coefficient (Wildman–Crippen LogP) is 4.47. The molecule has 0 aliphatic rings. The summed E-state index contributed by atoms with van der Waals surface area (Å²) >= 11 is 5.92. The molecule has 2 aromatic rings. The largest absolute Gasteiger partial charge is 0.457 e. The first-order valence-electron chi connectivity index (χ1n) is 6.10. The third-order valence-electron chi connectivity index (χ3n) is 3.02. The highest BCUT2D eigenvalue weighted by Gasteiger charge is 2.15. The van der Waals surface area contributed by atoms with Gasteiger partial charge in [0.1, 0.15) is 11.5 Å². The summed E-state index contributed by atoms with van der Waals surface area (Å²) in [5, 5.41) is 11.2. The molecule has 0 amide bonds. The van der Waals surface area contributed by atoms with E-state index in [0.717, 1.165) is 5.56 Å². The number of rotatable bonds is 4. The Morgan fingerprint density at radius 3 is 2.48 bits per heavy atom. The van der Waals surface area contributed by atoms with Gasteiger partial charge in [-0.15, -0.1) is 0 Å². The van der Waals surface area contributed by atoms with Gasteiger partial charge >= 0.3 is 0 Å². The van der Waals surface area contributed by atoms with Crippen LogP contribution in [-0.2, 0) is 0 Å². The third kappa shape index (κ3) is 3.20. The Kier molecular flexibility index (Phi) is 4.23. The van der Waals surface area contributed by atoms with Crippen LogP contribution in [0.3, 0.4) is 0 Å². The standard InChI is InChI=1S/C15H12ClNO4/c1-9-5-10(2)15(7-14(9)17(19)20)21-12-4-3-11(8-18)13(16)6-12/h3-8H,1-2H3. The number of benzene rings is 2. The summed E-state index contributed by atoms with van der Waals surface area (Å²) in [6.45, 7) is 3.47. The van der Waals surface area contributed by atoms with E-state index in [1.807, 2.05) is 0 Å². The summed E-state index contributed by atoms with van der Waals surface area (Å²) in [4.78, 5) is 21.2. The second-order valence-electron chi connectivity index (χ2n) is 4.56. The molecule has 0 atom stereocenters. The van der Waals surface area contributed by atoms with E-state index in [4.69, 9.17) is 16.3 Å². The van der Waals surface area contributed by atoms with E-state index < -0.39 is 4.92 Å². The Hall–Kier alpha value is -2.40. The van der Waals surface area contributed by atoms with Gasteiger partial charge in [-0.25, -0.2) is 0 Å². The number of nitro benzene ring substituents is 1. The van der Waals surface area contributed by atoms with Gasteiger partial charge in [-0.1, -0.05) is 11.6 Å². The molecule has 0 N–H and O–H groups in total. The molecule has 0 aliphatic carbocycles. The molecule has 0 saturated heterocycles. The summed E-state index contributed by atoms with van der Waals surface area (Å²) in [5.74, 6) is 0.786. The molecule has 0 aliphatic heterocycles. The monoisotopic (exact) mass is 305 g/mol. The Morgan fingerprint density at radius 2 is 1.90 bits per heavy atom. The molecule has 0 bridgehead atoms. The first-order valence-corrected chi connectivity index (χ1v) is 6.48. The molecule has 2 aromatic carbocycles. The highest BCUT2D eigenvalue weighted by molar-refractivity contribution is 6.33. The second-order valence-corrected chi connectivity index (χ2v) is 4.97. The van der Waals surface area contributed by atoms with Crippen molar-refractivity contribution < 1.29 is 14.5 Å². The average Bonchev–Trinajstić information content (AvgIpc) is 2.41. The third-order valence-corrected chi connectivity index (χ3v) is 3.34. The number of hydrogen-bond donors (Lipinski definition) is 0. The van der Waals surface area contributed by atoms with Crippen molar-refractivity contribution in [3.05, 3.63) is 62.2 Å². The van der Waals surface area contributed by atoms with Crippen LogP contribution in [0.4, 0.5) is 5.69 Å². The number of halogens is 1. The number of nitrogens with zero attached hydrogens (tertiary/aromatic N) is 1. The molecule has 0 unspecified atom stereocenters. The van der Waals surface area contributed by atoms with E-state index in [1.165, 1.54) is 18.2 Å². The van der Waals surface area contributed by atoms with Crippen molar-refractivity contribution in [1.29, 1.82) is 0 Å². The smallest absolute Gasteiger partial charge is 0.276 e. The first-order chi connectivity index (χ1) is 9.92. The maximum Gasteiger partial charge on any atom is 0.276 e. The zero-order valence-electron chi connectivity index (χ0n) is 11.4. The van der Waals surface area contributed by atoms with Crippen LogP contribution >= 0.6 is 11.6 Å². The highest BCUT2D eigenvalue weighted by Crippen LogP contribution is 2.32. The number of nitro groups is 1. The van der Waals surface area contributed by atoms with Gasteiger partial charge < -0.3 is 4.74 Å². The van der Waals surface area contributed by atoms with Crippen molar-refractivity contribution in [3.63, 3.8) is 0 Å². The first kappa shape index (κ1) is 15.0. The van der Waals surface area contributed by atoms with Crippen molar-refractivity contribution >= 4 is 23.6 Å². The van der Waals surface area contributed by atoms with Crippen LogP contribution in [0, 0.1) is 24.0 Å². The molecule has 0 saturated carbocycles. The number of carbonyl (C=O) groups excluding carboxylic acids is 1. The molecule has 5 nitrogen and oxygen atoms in total. The fourth-order valence-electron chi connectivity index (χ4n) is 1.92. The van der Waals surface area contributed by atoms with Crippen LogP contribution in [0.2, 0.25) is 5.02 Å². The van der Waals surface area contributed by atoms with Gasteiger partial charge in [0.2, 0.25) is 0 Å². The Labute approximate surface area is 126 Å². The van der Waals surface area contributed by atoms with Crippen LogP contribution < -0.4 is 4.74 Å². The fraction of sp³-hybridized carbons (Fsp3) is 0.133. The van der Waals surface area contributed by atoms with Crippen molar-refractivity contribution in [1.82, 2.24) is 0 Å². The molecule has 21 heavy (non-hydrogen) atoms. The van der Waals surface area contributed by atoms with Gasteiger partial charge in [-0.05, 0) is 37.6 Å². The summed E-state index contributed by atoms with van der Waals surface area (Å²) in [5.41, 5.74) is 1.69. The Morgan fingerprint density at radius 1 is 1.19 bits per heavy atom. The van der Waals surface area contributed by atoms with Crippen LogP contribution in [-0.4, -0.2) is 11.2 Å². The van der Waals surface area contributed by atoms with Crippen LogP contribution in [0.5, 0.6) is 11.5 Å². The predicted molar refractivity (Wildman–Crippen MR) is 79.5 cm³/mol. The molecular weight excluding hydrogens is 294 g/mol. The highest BCUT2D eigenvalue weighted by atomic mass is 35.5. The number of ether oxygens (including phenoxy) is 1. The molecule has 108 valence electrons. The minimum atomic E-state index is -0.454. The number of carbonyl (C=O) groups is 1. The van der Waals surface area contributed by atoms with Crippen molar-refractivity contribution in [2.45, 2.75) is 13.8 Å². The lowest BCUT2D eigenvalue weighted by molar-refractivity contribution is -0.385. The van der Waals surface area contributed by atoms with Crippen molar-refractivity contribution in [2.24, 2.45) is 0 Å². The fourth-order valence-corrected chi connectivity index (χ4v) is 2.14. The topological polar surface area (TPSA) is 69.4 Å². The second kappa shape index (κ2) is 5.93. The number of aldehydes is 1. The van der Waals surface area contributed by atoms with Crippen molar-refractivity contribution in [2.75, 3.05) is 0 Å². The molecular formula is C15H12ClNO4. The average molecular weight is 306 g/mol. The summed E-state index contributed by atoms with van der Waals surface area (Å²) in [6, 6.07) is 7.68. The zero-order chi connectivity index (χ0) is 15.6. The van der Waals surface area contributed by atoms with Crippen LogP contribution in [0.25, 0.3) is 0 Å². The van der Waals surface area contributed by atoms with Crippen molar-refractivity contribution in [3.8, 4) is 11.5 Å². The maximum atomic E-state index is 11.0. The van der Waals surface area contributed by atoms with E-state index in [1.54, 1.807) is 26.0 Å². The van der Waals surface area contributed by atoms with Gasteiger partial charge in [0.05, 0.1) is 16.0 Å². The zero-order valence-corrected chi connectivity index (χ0v) is 12.2. The Bertz CT molecular complexity index is 728. The van der Waals surface area contributed by atoms with E-state index >= 15 is 0 Å². The number of hydrogen-bond acceptors (Lipinski definition) is 4. The van der Waals surface area contributed by atoms with E-state index in [2.05, 4.69) is 0 Å². The Balaban J connectivity index is 2.39. The SMILES string of the molecule is Cc1cc(C)c([N+](=O)[O-])cc1Oc1ccc(C=O)c(Cl)c1. The molecule has 0 radical (unpaired) electrons. The summed E-state index contributed by atoms with van der Waals surface area (Å²) in [6.07, 6.45) is 0.647. The van der Waals surface area contributed by atoms with Gasteiger partial charge in [0.25, 0.3) is 5.69 Å². The van der Waals surface area contributed by atoms with E-state index in [9.17, 15) is 14.9 Å². The lowest BCUT2D eigenvalue weighted by Gasteiger charge is -2.10. The quantitative estimate of drug-likeness (QED) is 0.475. The normalized spacial score (nSPS) is 10.2. The molecule has 0 aromatic heterocycles. The van der Waals surface area contributed by atoms with Gasteiger partial charge in [0.15, 0.2) is 6.29 Å². The minimum Gasteiger partial charge on any atom is -0.457 e. The van der Waals surface area contributed by atoms with Gasteiger partial charge in [-0.2, -0.15) is 0 Å². The van der Waals surface area contributed by atoms with Crippen LogP contribution in [0.1, 0.15) is 21.5 Å².